The van der Waals surface area contributed by atoms with Crippen molar-refractivity contribution in [2.45, 2.75) is 20.8 Å². The molecule has 0 saturated carbocycles. The third-order valence-electron chi connectivity index (χ3n) is 2.78. The number of rotatable bonds is 6. The average Bonchev–Trinajstić information content (AvgIpc) is 2.42. The van der Waals surface area contributed by atoms with Crippen LogP contribution < -0.4 is 0 Å². The molecule has 0 bridgehead atoms. The van der Waals surface area contributed by atoms with Gasteiger partial charge >= 0.3 is 5.97 Å². The fraction of sp³-hybridized carbons (Fsp3) is 0.375. The van der Waals surface area contributed by atoms with Crippen molar-refractivity contribution in [3.8, 4) is 0 Å². The van der Waals surface area contributed by atoms with Crippen molar-refractivity contribution < 1.29 is 14.3 Å². The zero-order chi connectivity index (χ0) is 15.0. The number of ether oxygens (including phenoxy) is 1. The topological polar surface area (TPSA) is 46.6 Å². The van der Waals surface area contributed by atoms with Crippen molar-refractivity contribution in [2.75, 3.05) is 19.7 Å². The molecule has 0 fully saturated rings. The lowest BCUT2D eigenvalue weighted by atomic mass is 10.1. The highest BCUT2D eigenvalue weighted by molar-refractivity contribution is 5.93. The molecule has 4 nitrogen and oxygen atoms in total. The van der Waals surface area contributed by atoms with Gasteiger partial charge in [-0.05, 0) is 32.4 Å². The first-order valence-electron chi connectivity index (χ1n) is 6.76. The smallest absolute Gasteiger partial charge is 0.325 e. The van der Waals surface area contributed by atoms with Crippen molar-refractivity contribution in [1.82, 2.24) is 4.90 Å². The number of hydrogen-bond acceptors (Lipinski definition) is 3. The number of likely N-dealkylation sites (N-methyl/N-ethyl adjacent to an activating group) is 1. The maximum Gasteiger partial charge on any atom is 0.325 e. The lowest BCUT2D eigenvalue weighted by Crippen LogP contribution is -2.35. The van der Waals surface area contributed by atoms with E-state index >= 15 is 0 Å². The van der Waals surface area contributed by atoms with Crippen LogP contribution in [0.5, 0.6) is 0 Å². The van der Waals surface area contributed by atoms with Crippen LogP contribution in [0.15, 0.2) is 30.3 Å². The number of carbonyl (C=O) groups excluding carboxylic acids is 2. The molecule has 0 aliphatic heterocycles. The van der Waals surface area contributed by atoms with Gasteiger partial charge in [-0.15, -0.1) is 0 Å². The van der Waals surface area contributed by atoms with E-state index in [0.29, 0.717) is 13.2 Å². The van der Waals surface area contributed by atoms with E-state index in [4.69, 9.17) is 4.74 Å². The van der Waals surface area contributed by atoms with Gasteiger partial charge in [0.15, 0.2) is 0 Å². The first-order chi connectivity index (χ1) is 9.56. The van der Waals surface area contributed by atoms with Crippen LogP contribution in [0.1, 0.15) is 25.0 Å². The lowest BCUT2D eigenvalue weighted by Gasteiger charge is -2.17. The van der Waals surface area contributed by atoms with Gasteiger partial charge in [0.1, 0.15) is 6.54 Å². The molecule has 1 rings (SSSR count). The Morgan fingerprint density at radius 1 is 1.30 bits per heavy atom. The minimum atomic E-state index is -0.383. The van der Waals surface area contributed by atoms with Crippen LogP contribution in [0.2, 0.25) is 0 Å². The highest BCUT2D eigenvalue weighted by Gasteiger charge is 2.13. The summed E-state index contributed by atoms with van der Waals surface area (Å²) in [6, 6.07) is 7.86. The van der Waals surface area contributed by atoms with Gasteiger partial charge in [-0.3, -0.25) is 9.59 Å². The SMILES string of the molecule is CCOC(=O)CN(CC)C(=O)/C=C/c1cccc(C)c1. The lowest BCUT2D eigenvalue weighted by molar-refractivity contribution is -0.147. The van der Waals surface area contributed by atoms with Gasteiger partial charge in [0.25, 0.3) is 0 Å². The molecule has 1 aromatic carbocycles. The van der Waals surface area contributed by atoms with Gasteiger partial charge in [0, 0.05) is 12.6 Å². The number of nitrogens with zero attached hydrogens (tertiary/aromatic N) is 1. The summed E-state index contributed by atoms with van der Waals surface area (Å²) >= 11 is 0. The largest absolute Gasteiger partial charge is 0.465 e. The summed E-state index contributed by atoms with van der Waals surface area (Å²) in [5, 5.41) is 0. The van der Waals surface area contributed by atoms with Gasteiger partial charge < -0.3 is 9.64 Å². The van der Waals surface area contributed by atoms with E-state index in [2.05, 4.69) is 0 Å². The first kappa shape index (κ1) is 16.0. The van der Waals surface area contributed by atoms with Gasteiger partial charge in [-0.1, -0.05) is 29.8 Å². The molecule has 0 N–H and O–H groups in total. The molecule has 20 heavy (non-hydrogen) atoms. The van der Waals surface area contributed by atoms with Crippen LogP contribution in [0.25, 0.3) is 6.08 Å². The third-order valence-corrected chi connectivity index (χ3v) is 2.78. The Kier molecular flexibility index (Phi) is 6.50. The number of amides is 1. The number of benzene rings is 1. The maximum atomic E-state index is 12.0. The number of carbonyl (C=O) groups is 2. The van der Waals surface area contributed by atoms with Crippen molar-refractivity contribution >= 4 is 18.0 Å². The fourth-order valence-electron chi connectivity index (χ4n) is 1.75. The quantitative estimate of drug-likeness (QED) is 0.591. The summed E-state index contributed by atoms with van der Waals surface area (Å²) in [6.45, 7) is 6.35. The molecule has 4 heteroatoms. The average molecular weight is 275 g/mol. The molecular weight excluding hydrogens is 254 g/mol. The monoisotopic (exact) mass is 275 g/mol. The van der Waals surface area contributed by atoms with E-state index in [-0.39, 0.29) is 18.4 Å². The summed E-state index contributed by atoms with van der Waals surface area (Å²) in [6.07, 6.45) is 3.24. The Balaban J connectivity index is 2.65. The third kappa shape index (κ3) is 5.26. The van der Waals surface area contributed by atoms with Crippen LogP contribution in [-0.2, 0) is 14.3 Å². The Morgan fingerprint density at radius 2 is 2.05 bits per heavy atom. The zero-order valence-electron chi connectivity index (χ0n) is 12.3. The maximum absolute atomic E-state index is 12.0. The standard InChI is InChI=1S/C16H21NO3/c1-4-17(12-16(19)20-5-2)15(18)10-9-14-8-6-7-13(3)11-14/h6-11H,4-5,12H2,1-3H3/b10-9+. The summed E-state index contributed by atoms with van der Waals surface area (Å²) in [7, 11) is 0. The van der Waals surface area contributed by atoms with Crippen LogP contribution in [0.3, 0.4) is 0 Å². The van der Waals surface area contributed by atoms with Crippen molar-refractivity contribution in [3.63, 3.8) is 0 Å². The molecule has 0 heterocycles. The second kappa shape index (κ2) is 8.15. The second-order valence-electron chi connectivity index (χ2n) is 4.40. The van der Waals surface area contributed by atoms with Gasteiger partial charge in [-0.2, -0.15) is 0 Å². The van der Waals surface area contributed by atoms with E-state index < -0.39 is 0 Å². The highest BCUT2D eigenvalue weighted by atomic mass is 16.5. The van der Waals surface area contributed by atoms with E-state index in [1.54, 1.807) is 13.0 Å². The summed E-state index contributed by atoms with van der Waals surface area (Å²) in [5.41, 5.74) is 2.10. The molecule has 0 aliphatic rings. The molecular formula is C16H21NO3. The molecule has 108 valence electrons. The zero-order valence-corrected chi connectivity index (χ0v) is 12.3. The summed E-state index contributed by atoms with van der Waals surface area (Å²) in [4.78, 5) is 24.8. The molecule has 0 aliphatic carbocycles. The number of esters is 1. The molecule has 0 atom stereocenters. The number of hydrogen-bond donors (Lipinski definition) is 0. The molecule has 0 spiro atoms. The molecule has 0 aromatic heterocycles. The fourth-order valence-corrected chi connectivity index (χ4v) is 1.75. The molecule has 1 aromatic rings. The highest BCUT2D eigenvalue weighted by Crippen LogP contribution is 2.06. The van der Waals surface area contributed by atoms with Crippen molar-refractivity contribution in [1.29, 1.82) is 0 Å². The minimum absolute atomic E-state index is 0.0126. The van der Waals surface area contributed by atoms with Crippen LogP contribution in [-0.4, -0.2) is 36.5 Å². The Labute approximate surface area is 120 Å². The van der Waals surface area contributed by atoms with E-state index in [9.17, 15) is 9.59 Å². The Bertz CT molecular complexity index is 494. The van der Waals surface area contributed by atoms with Crippen molar-refractivity contribution in [3.05, 3.63) is 41.5 Å². The predicted octanol–water partition coefficient (Wildman–Crippen LogP) is 2.42. The van der Waals surface area contributed by atoms with E-state index in [1.807, 2.05) is 38.1 Å². The van der Waals surface area contributed by atoms with Crippen molar-refractivity contribution in [2.24, 2.45) is 0 Å². The summed E-state index contributed by atoms with van der Waals surface area (Å²) < 4.78 is 4.85. The predicted molar refractivity (Wildman–Crippen MR) is 79.1 cm³/mol. The Morgan fingerprint density at radius 3 is 2.65 bits per heavy atom. The molecule has 1 amide bonds. The van der Waals surface area contributed by atoms with Gasteiger partial charge in [-0.25, -0.2) is 0 Å². The van der Waals surface area contributed by atoms with Crippen LogP contribution in [0, 0.1) is 6.92 Å². The number of aryl methyl sites for hydroxylation is 1. The van der Waals surface area contributed by atoms with Crippen LogP contribution in [0.4, 0.5) is 0 Å². The van der Waals surface area contributed by atoms with E-state index in [1.165, 1.54) is 11.0 Å². The first-order valence-corrected chi connectivity index (χ1v) is 6.76. The minimum Gasteiger partial charge on any atom is -0.465 e. The Hall–Kier alpha value is -2.10. The summed E-state index contributed by atoms with van der Waals surface area (Å²) in [5.74, 6) is -0.575. The van der Waals surface area contributed by atoms with Crippen LogP contribution >= 0.6 is 0 Å². The molecule has 0 radical (unpaired) electrons. The van der Waals surface area contributed by atoms with E-state index in [0.717, 1.165) is 11.1 Å². The van der Waals surface area contributed by atoms with Gasteiger partial charge in [0.2, 0.25) is 5.91 Å². The van der Waals surface area contributed by atoms with Gasteiger partial charge in [0.05, 0.1) is 6.61 Å². The second-order valence-corrected chi connectivity index (χ2v) is 4.40. The molecule has 0 saturated heterocycles. The molecule has 0 unspecified atom stereocenters. The normalized spacial score (nSPS) is 10.6.